The minimum absolute atomic E-state index is 0.331. The van der Waals surface area contributed by atoms with Gasteiger partial charge in [0, 0.05) is 11.1 Å². The van der Waals surface area contributed by atoms with Crippen molar-refractivity contribution in [2.45, 2.75) is 0 Å². The van der Waals surface area contributed by atoms with Gasteiger partial charge in [0.15, 0.2) is 23.3 Å². The molecule has 0 aliphatic carbocycles. The van der Waals surface area contributed by atoms with E-state index in [-0.39, 0.29) is 0 Å². The minimum atomic E-state index is -0.913. The number of aromatic nitrogens is 3. The number of aromatic amines is 1. The Morgan fingerprint density at radius 1 is 0.842 bits per heavy atom. The van der Waals surface area contributed by atoms with Crippen molar-refractivity contribution in [1.29, 1.82) is 0 Å². The molecule has 0 fully saturated rings. The maximum Gasteiger partial charge on any atom is 0.181 e. The van der Waals surface area contributed by atoms with Crippen molar-refractivity contribution in [3.05, 3.63) is 60.2 Å². The SMILES string of the molecule is Fc1ccc(-c2n[nH]c(-c3ccccc3)n2)cc1F. The van der Waals surface area contributed by atoms with Crippen molar-refractivity contribution in [3.8, 4) is 22.8 Å². The third kappa shape index (κ3) is 2.22. The summed E-state index contributed by atoms with van der Waals surface area (Å²) in [5.74, 6) is -0.885. The number of nitrogens with one attached hydrogen (secondary N) is 1. The maximum atomic E-state index is 13.2. The lowest BCUT2D eigenvalue weighted by Crippen LogP contribution is -1.87. The van der Waals surface area contributed by atoms with Crippen LogP contribution in [-0.4, -0.2) is 15.2 Å². The molecule has 1 heterocycles. The second-order valence-electron chi connectivity index (χ2n) is 4.00. The molecule has 2 aromatic carbocycles. The van der Waals surface area contributed by atoms with E-state index in [0.717, 1.165) is 17.7 Å². The summed E-state index contributed by atoms with van der Waals surface area (Å²) in [5, 5.41) is 6.79. The molecule has 0 amide bonds. The Hall–Kier alpha value is -2.56. The molecule has 3 aromatic rings. The van der Waals surface area contributed by atoms with Crippen LogP contribution in [-0.2, 0) is 0 Å². The first-order valence-electron chi connectivity index (χ1n) is 5.67. The Labute approximate surface area is 107 Å². The molecule has 3 rings (SSSR count). The third-order valence-electron chi connectivity index (χ3n) is 2.71. The topological polar surface area (TPSA) is 41.6 Å². The summed E-state index contributed by atoms with van der Waals surface area (Å²) >= 11 is 0. The summed E-state index contributed by atoms with van der Waals surface area (Å²) in [7, 11) is 0. The maximum absolute atomic E-state index is 13.2. The van der Waals surface area contributed by atoms with E-state index >= 15 is 0 Å². The van der Waals surface area contributed by atoms with E-state index in [0.29, 0.717) is 17.2 Å². The molecule has 0 atom stereocenters. The second-order valence-corrected chi connectivity index (χ2v) is 4.00. The van der Waals surface area contributed by atoms with E-state index in [1.807, 2.05) is 30.3 Å². The van der Waals surface area contributed by atoms with Crippen LogP contribution < -0.4 is 0 Å². The zero-order chi connectivity index (χ0) is 13.2. The van der Waals surface area contributed by atoms with Crippen molar-refractivity contribution in [2.24, 2.45) is 0 Å². The molecule has 0 unspecified atom stereocenters. The molecule has 1 aromatic heterocycles. The van der Waals surface area contributed by atoms with Gasteiger partial charge in [-0.15, -0.1) is 0 Å². The van der Waals surface area contributed by atoms with Crippen LogP contribution in [0.15, 0.2) is 48.5 Å². The summed E-state index contributed by atoms with van der Waals surface area (Å²) in [4.78, 5) is 4.27. The molecule has 0 spiro atoms. The summed E-state index contributed by atoms with van der Waals surface area (Å²) in [6.07, 6.45) is 0. The second kappa shape index (κ2) is 4.61. The molecule has 94 valence electrons. The zero-order valence-corrected chi connectivity index (χ0v) is 9.77. The molecule has 0 radical (unpaired) electrons. The van der Waals surface area contributed by atoms with E-state index in [9.17, 15) is 8.78 Å². The standard InChI is InChI=1S/C14H9F2N3/c15-11-7-6-10(8-12(11)16)14-17-13(18-19-14)9-4-2-1-3-5-9/h1-8H,(H,17,18,19). The van der Waals surface area contributed by atoms with Gasteiger partial charge in [0.2, 0.25) is 0 Å². The number of hydrogen-bond acceptors (Lipinski definition) is 2. The number of rotatable bonds is 2. The highest BCUT2D eigenvalue weighted by atomic mass is 19.2. The van der Waals surface area contributed by atoms with Gasteiger partial charge in [0.05, 0.1) is 0 Å². The van der Waals surface area contributed by atoms with E-state index in [4.69, 9.17) is 0 Å². The van der Waals surface area contributed by atoms with Crippen molar-refractivity contribution < 1.29 is 8.78 Å². The lowest BCUT2D eigenvalue weighted by molar-refractivity contribution is 0.509. The smallest absolute Gasteiger partial charge is 0.181 e. The molecular weight excluding hydrogens is 248 g/mol. The highest BCUT2D eigenvalue weighted by molar-refractivity contribution is 5.60. The van der Waals surface area contributed by atoms with Crippen LogP contribution in [0.2, 0.25) is 0 Å². The van der Waals surface area contributed by atoms with Crippen LogP contribution in [0.1, 0.15) is 0 Å². The number of nitrogens with zero attached hydrogens (tertiary/aromatic N) is 2. The lowest BCUT2D eigenvalue weighted by atomic mass is 10.2. The fourth-order valence-electron chi connectivity index (χ4n) is 1.75. The summed E-state index contributed by atoms with van der Waals surface area (Å²) in [6.45, 7) is 0. The largest absolute Gasteiger partial charge is 0.259 e. The highest BCUT2D eigenvalue weighted by Crippen LogP contribution is 2.21. The Morgan fingerprint density at radius 2 is 1.63 bits per heavy atom. The Bertz CT molecular complexity index is 708. The number of benzene rings is 2. The summed E-state index contributed by atoms with van der Waals surface area (Å²) in [6, 6.07) is 13.0. The van der Waals surface area contributed by atoms with Gasteiger partial charge >= 0.3 is 0 Å². The van der Waals surface area contributed by atoms with Gasteiger partial charge in [0.25, 0.3) is 0 Å². The monoisotopic (exact) mass is 257 g/mol. The first-order valence-corrected chi connectivity index (χ1v) is 5.67. The van der Waals surface area contributed by atoms with Gasteiger partial charge in [-0.05, 0) is 18.2 Å². The fourth-order valence-corrected chi connectivity index (χ4v) is 1.75. The number of H-pyrrole nitrogens is 1. The predicted molar refractivity (Wildman–Crippen MR) is 67.2 cm³/mol. The summed E-state index contributed by atoms with van der Waals surface area (Å²) < 4.78 is 26.0. The Morgan fingerprint density at radius 3 is 2.37 bits per heavy atom. The molecule has 1 N–H and O–H groups in total. The van der Waals surface area contributed by atoms with Crippen molar-refractivity contribution >= 4 is 0 Å². The van der Waals surface area contributed by atoms with Gasteiger partial charge in [-0.3, -0.25) is 5.10 Å². The van der Waals surface area contributed by atoms with Crippen LogP contribution in [0.4, 0.5) is 8.78 Å². The third-order valence-corrected chi connectivity index (χ3v) is 2.71. The molecule has 0 saturated carbocycles. The van der Waals surface area contributed by atoms with Crippen LogP contribution in [0.3, 0.4) is 0 Å². The molecular formula is C14H9F2N3. The van der Waals surface area contributed by atoms with Crippen molar-refractivity contribution in [1.82, 2.24) is 15.2 Å². The summed E-state index contributed by atoms with van der Waals surface area (Å²) in [5.41, 5.74) is 1.31. The fraction of sp³-hybridized carbons (Fsp3) is 0. The van der Waals surface area contributed by atoms with Crippen LogP contribution in [0.25, 0.3) is 22.8 Å². The first kappa shape index (κ1) is 11.5. The van der Waals surface area contributed by atoms with Crippen LogP contribution >= 0.6 is 0 Å². The van der Waals surface area contributed by atoms with Gasteiger partial charge in [-0.2, -0.15) is 5.10 Å². The van der Waals surface area contributed by atoms with Gasteiger partial charge in [-0.25, -0.2) is 13.8 Å². The van der Waals surface area contributed by atoms with Gasteiger partial charge in [-0.1, -0.05) is 30.3 Å². The molecule has 0 bridgehead atoms. The van der Waals surface area contributed by atoms with Crippen molar-refractivity contribution in [2.75, 3.05) is 0 Å². The molecule has 0 aliphatic rings. The normalized spacial score (nSPS) is 10.6. The molecule has 3 nitrogen and oxygen atoms in total. The van der Waals surface area contributed by atoms with Gasteiger partial charge in [0.1, 0.15) is 0 Å². The minimum Gasteiger partial charge on any atom is -0.259 e. The molecule has 5 heteroatoms. The van der Waals surface area contributed by atoms with E-state index in [1.165, 1.54) is 6.07 Å². The average molecular weight is 257 g/mol. The quantitative estimate of drug-likeness (QED) is 0.764. The van der Waals surface area contributed by atoms with Crippen LogP contribution in [0, 0.1) is 11.6 Å². The Kier molecular flexibility index (Phi) is 2.79. The predicted octanol–water partition coefficient (Wildman–Crippen LogP) is 3.42. The van der Waals surface area contributed by atoms with E-state index in [1.54, 1.807) is 0 Å². The van der Waals surface area contributed by atoms with Gasteiger partial charge < -0.3 is 0 Å². The number of hydrogen-bond donors (Lipinski definition) is 1. The molecule has 0 saturated heterocycles. The first-order chi connectivity index (χ1) is 9.24. The van der Waals surface area contributed by atoms with Crippen LogP contribution in [0.5, 0.6) is 0 Å². The average Bonchev–Trinajstić information content (AvgIpc) is 2.93. The lowest BCUT2D eigenvalue weighted by Gasteiger charge is -1.96. The highest BCUT2D eigenvalue weighted by Gasteiger charge is 2.10. The molecule has 0 aliphatic heterocycles. The molecule has 19 heavy (non-hydrogen) atoms. The van der Waals surface area contributed by atoms with Crippen molar-refractivity contribution in [3.63, 3.8) is 0 Å². The number of halogens is 2. The van der Waals surface area contributed by atoms with E-state index < -0.39 is 11.6 Å². The zero-order valence-electron chi connectivity index (χ0n) is 9.77. The Balaban J connectivity index is 1.99. The van der Waals surface area contributed by atoms with E-state index in [2.05, 4.69) is 15.2 Å².